The largest absolute Gasteiger partial charge is 0.239 e. The van der Waals surface area contributed by atoms with Crippen LogP contribution in [-0.2, 0) is 0 Å². The summed E-state index contributed by atoms with van der Waals surface area (Å²) in [5.41, 5.74) is -0.176. The topological polar surface area (TPSA) is 0 Å². The van der Waals surface area contributed by atoms with Crippen molar-refractivity contribution in [3.8, 4) is 0 Å². The van der Waals surface area contributed by atoms with Crippen LogP contribution < -0.4 is 0 Å². The zero-order chi connectivity index (χ0) is 24.2. The molecule has 0 spiro atoms. The zero-order valence-electron chi connectivity index (χ0n) is 19.9. The minimum atomic E-state index is -2.42. The Labute approximate surface area is 200 Å². The molecule has 3 aliphatic carbocycles. The van der Waals surface area contributed by atoms with E-state index in [-0.39, 0.29) is 11.5 Å². The molecule has 0 N–H and O–H groups in total. The Balaban J connectivity index is 1.35. The van der Waals surface area contributed by atoms with Crippen molar-refractivity contribution in [3.05, 3.63) is 65.0 Å². The molecule has 0 amide bonds. The third-order valence-electron chi connectivity index (χ3n) is 8.31. The van der Waals surface area contributed by atoms with Crippen LogP contribution >= 0.6 is 0 Å². The predicted octanol–water partition coefficient (Wildman–Crippen LogP) is 9.33. The molecule has 0 nitrogen and oxygen atoms in total. The van der Waals surface area contributed by atoms with Crippen molar-refractivity contribution >= 4 is 5.57 Å². The highest BCUT2D eigenvalue weighted by molar-refractivity contribution is 5.77. The smallest absolute Gasteiger partial charge is 0.186 e. The molecule has 1 aromatic rings. The van der Waals surface area contributed by atoms with Gasteiger partial charge in [0.2, 0.25) is 0 Å². The first-order valence-corrected chi connectivity index (χ1v) is 12.8. The van der Waals surface area contributed by atoms with E-state index in [1.54, 1.807) is 0 Å². The molecule has 2 atom stereocenters. The van der Waals surface area contributed by atoms with E-state index in [0.29, 0.717) is 17.6 Å². The molecule has 2 saturated carbocycles. The molecule has 0 radical (unpaired) electrons. The molecule has 0 heterocycles. The van der Waals surface area contributed by atoms with Crippen LogP contribution in [0.5, 0.6) is 0 Å². The van der Waals surface area contributed by atoms with Crippen LogP contribution in [-0.4, -0.2) is 12.3 Å². The molecule has 5 heteroatoms. The number of benzene rings is 1. The van der Waals surface area contributed by atoms with Gasteiger partial charge in [-0.3, -0.25) is 0 Å². The van der Waals surface area contributed by atoms with Crippen LogP contribution in [0.1, 0.15) is 88.2 Å². The second-order valence-electron chi connectivity index (χ2n) is 10.4. The standard InChI is InChI=1S/C29H35F5/c1-2-3-4-5-18-6-8-19(9-7-18)20-10-12-21(13-11-20)22-14-24(30)28(25(31)15-22)23-16-26(32)29(34)27(33)17-23/h2-3,14-21,26,29H,4-13H2,1H3/b3-2+. The Kier molecular flexibility index (Phi) is 8.31. The lowest BCUT2D eigenvalue weighted by molar-refractivity contribution is 0.157. The lowest BCUT2D eigenvalue weighted by atomic mass is 9.68. The molecule has 3 aliphatic rings. The summed E-state index contributed by atoms with van der Waals surface area (Å²) in [4.78, 5) is 0. The van der Waals surface area contributed by atoms with Crippen molar-refractivity contribution in [2.45, 2.75) is 89.4 Å². The van der Waals surface area contributed by atoms with Gasteiger partial charge in [-0.1, -0.05) is 25.0 Å². The van der Waals surface area contributed by atoms with Gasteiger partial charge >= 0.3 is 0 Å². The number of allylic oxidation sites excluding steroid dienone is 6. The van der Waals surface area contributed by atoms with E-state index in [2.05, 4.69) is 19.1 Å². The highest BCUT2D eigenvalue weighted by Crippen LogP contribution is 2.45. The van der Waals surface area contributed by atoms with E-state index in [1.165, 1.54) is 50.7 Å². The Morgan fingerprint density at radius 2 is 1.44 bits per heavy atom. The molecule has 0 saturated heterocycles. The molecule has 4 rings (SSSR count). The van der Waals surface area contributed by atoms with Crippen molar-refractivity contribution in [2.75, 3.05) is 0 Å². The maximum absolute atomic E-state index is 14.9. The van der Waals surface area contributed by atoms with Crippen LogP contribution in [0.3, 0.4) is 0 Å². The summed E-state index contributed by atoms with van der Waals surface area (Å²) >= 11 is 0. The van der Waals surface area contributed by atoms with Gasteiger partial charge in [0.1, 0.15) is 17.5 Å². The third-order valence-corrected chi connectivity index (χ3v) is 8.31. The van der Waals surface area contributed by atoms with Gasteiger partial charge in [0.05, 0.1) is 5.56 Å². The molecule has 186 valence electrons. The van der Waals surface area contributed by atoms with Gasteiger partial charge in [-0.25, -0.2) is 22.0 Å². The van der Waals surface area contributed by atoms with Gasteiger partial charge in [-0.2, -0.15) is 0 Å². The first-order valence-electron chi connectivity index (χ1n) is 12.8. The summed E-state index contributed by atoms with van der Waals surface area (Å²) in [6.45, 7) is 2.07. The van der Waals surface area contributed by atoms with Gasteiger partial charge in [0.15, 0.2) is 12.3 Å². The minimum absolute atomic E-state index is 0.0863. The summed E-state index contributed by atoms with van der Waals surface area (Å²) < 4.78 is 70.4. The van der Waals surface area contributed by atoms with E-state index in [4.69, 9.17) is 0 Å². The fourth-order valence-corrected chi connectivity index (χ4v) is 6.31. The third kappa shape index (κ3) is 5.66. The van der Waals surface area contributed by atoms with Crippen molar-refractivity contribution in [1.82, 2.24) is 0 Å². The first kappa shape index (κ1) is 25.2. The Hall–Kier alpha value is -1.91. The average molecular weight is 479 g/mol. The summed E-state index contributed by atoms with van der Waals surface area (Å²) in [6.07, 6.45) is 12.8. The number of hydrogen-bond acceptors (Lipinski definition) is 0. The number of hydrogen-bond donors (Lipinski definition) is 0. The fraction of sp³-hybridized carbons (Fsp3) is 0.586. The van der Waals surface area contributed by atoms with Crippen molar-refractivity contribution < 1.29 is 22.0 Å². The van der Waals surface area contributed by atoms with Crippen LogP contribution in [0, 0.1) is 29.4 Å². The lowest BCUT2D eigenvalue weighted by Gasteiger charge is -2.38. The summed E-state index contributed by atoms with van der Waals surface area (Å²) in [7, 11) is 0. The normalized spacial score (nSPS) is 32.5. The number of rotatable bonds is 6. The van der Waals surface area contributed by atoms with Crippen LogP contribution in [0.15, 0.2) is 42.3 Å². The molecule has 2 unspecified atom stereocenters. The minimum Gasteiger partial charge on any atom is -0.239 e. The first-order chi connectivity index (χ1) is 16.4. The summed E-state index contributed by atoms with van der Waals surface area (Å²) in [5, 5.41) is 0. The second-order valence-corrected chi connectivity index (χ2v) is 10.4. The average Bonchev–Trinajstić information content (AvgIpc) is 2.83. The van der Waals surface area contributed by atoms with E-state index >= 15 is 0 Å². The quantitative estimate of drug-likeness (QED) is 0.282. The van der Waals surface area contributed by atoms with Gasteiger partial charge < -0.3 is 0 Å². The summed E-state index contributed by atoms with van der Waals surface area (Å²) in [6, 6.07) is 2.58. The van der Waals surface area contributed by atoms with E-state index in [0.717, 1.165) is 43.6 Å². The highest BCUT2D eigenvalue weighted by Gasteiger charge is 2.33. The maximum Gasteiger partial charge on any atom is 0.186 e. The highest BCUT2D eigenvalue weighted by atomic mass is 19.2. The molecule has 0 bridgehead atoms. The molecule has 0 aliphatic heterocycles. The SMILES string of the molecule is C/C=C/CCC1CCC(C2CCC(c3cc(F)c(C4=CC(F)C(F)C(F)=C4)c(F)c3)CC2)CC1. The molecule has 1 aromatic carbocycles. The van der Waals surface area contributed by atoms with Crippen molar-refractivity contribution in [3.63, 3.8) is 0 Å². The monoisotopic (exact) mass is 478 g/mol. The van der Waals surface area contributed by atoms with Crippen LogP contribution in [0.25, 0.3) is 5.57 Å². The molecular weight excluding hydrogens is 443 g/mol. The van der Waals surface area contributed by atoms with E-state index in [1.807, 2.05) is 0 Å². The maximum atomic E-state index is 14.9. The van der Waals surface area contributed by atoms with Gasteiger partial charge in [0.25, 0.3) is 0 Å². The van der Waals surface area contributed by atoms with E-state index < -0.39 is 35.4 Å². The number of alkyl halides is 2. The number of halogens is 5. The predicted molar refractivity (Wildman–Crippen MR) is 128 cm³/mol. The molecule has 0 aromatic heterocycles. The Morgan fingerprint density at radius 3 is 2.00 bits per heavy atom. The Morgan fingerprint density at radius 1 is 0.853 bits per heavy atom. The van der Waals surface area contributed by atoms with Crippen LogP contribution in [0.4, 0.5) is 22.0 Å². The second kappa shape index (κ2) is 11.2. The van der Waals surface area contributed by atoms with Crippen LogP contribution in [0.2, 0.25) is 0 Å². The zero-order valence-corrected chi connectivity index (χ0v) is 19.9. The van der Waals surface area contributed by atoms with Gasteiger partial charge in [-0.15, -0.1) is 0 Å². The molecular formula is C29H35F5. The lowest BCUT2D eigenvalue weighted by Crippen LogP contribution is -2.25. The fourth-order valence-electron chi connectivity index (χ4n) is 6.31. The molecule has 34 heavy (non-hydrogen) atoms. The van der Waals surface area contributed by atoms with E-state index in [9.17, 15) is 22.0 Å². The van der Waals surface area contributed by atoms with Gasteiger partial charge in [-0.05, 0) is 117 Å². The van der Waals surface area contributed by atoms with Crippen molar-refractivity contribution in [2.24, 2.45) is 17.8 Å². The molecule has 2 fully saturated rings. The Bertz CT molecular complexity index is 907. The summed E-state index contributed by atoms with van der Waals surface area (Å²) in [5.74, 6) is -0.665. The van der Waals surface area contributed by atoms with Gasteiger partial charge in [0, 0.05) is 0 Å². The van der Waals surface area contributed by atoms with Crippen molar-refractivity contribution in [1.29, 1.82) is 0 Å².